The molecule has 3 nitrogen and oxygen atoms in total. The van der Waals surface area contributed by atoms with Crippen molar-refractivity contribution in [1.29, 1.82) is 0 Å². The molecule has 0 radical (unpaired) electrons. The fraction of sp³-hybridized carbons (Fsp3) is 0.600. The van der Waals surface area contributed by atoms with Crippen molar-refractivity contribution in [3.63, 3.8) is 0 Å². The summed E-state index contributed by atoms with van der Waals surface area (Å²) in [5, 5.41) is 0. The highest BCUT2D eigenvalue weighted by Gasteiger charge is 2.21. The van der Waals surface area contributed by atoms with E-state index >= 15 is 0 Å². The minimum atomic E-state index is -0.176. The van der Waals surface area contributed by atoms with E-state index < -0.39 is 0 Å². The number of hydrogen-bond donors (Lipinski definition) is 1. The molecule has 0 saturated carbocycles. The van der Waals surface area contributed by atoms with Gasteiger partial charge in [0.05, 0.1) is 11.8 Å². The summed E-state index contributed by atoms with van der Waals surface area (Å²) >= 11 is 0. The van der Waals surface area contributed by atoms with Crippen molar-refractivity contribution < 1.29 is 9.13 Å². The largest absolute Gasteiger partial charge is 0.378 e. The molecule has 0 unspecified atom stereocenters. The predicted octanol–water partition coefficient (Wildman–Crippen LogP) is 2.85. The first-order valence-corrected chi connectivity index (χ1v) is 7.03. The van der Waals surface area contributed by atoms with Gasteiger partial charge in [0, 0.05) is 25.7 Å². The van der Waals surface area contributed by atoms with Crippen LogP contribution in [0.15, 0.2) is 18.2 Å². The van der Waals surface area contributed by atoms with Crippen molar-refractivity contribution >= 4 is 5.69 Å². The monoisotopic (exact) mass is 266 g/mol. The molecule has 2 rings (SSSR count). The van der Waals surface area contributed by atoms with Crippen molar-refractivity contribution in [3.05, 3.63) is 29.6 Å². The Labute approximate surface area is 114 Å². The lowest BCUT2D eigenvalue weighted by Gasteiger charge is -2.33. The van der Waals surface area contributed by atoms with E-state index in [-0.39, 0.29) is 11.9 Å². The molecule has 1 aromatic carbocycles. The van der Waals surface area contributed by atoms with Gasteiger partial charge in [-0.3, -0.25) is 0 Å². The van der Waals surface area contributed by atoms with Crippen LogP contribution < -0.4 is 10.6 Å². The van der Waals surface area contributed by atoms with Gasteiger partial charge in [-0.25, -0.2) is 4.39 Å². The summed E-state index contributed by atoms with van der Waals surface area (Å²) < 4.78 is 19.7. The topological polar surface area (TPSA) is 38.5 Å². The van der Waals surface area contributed by atoms with Gasteiger partial charge >= 0.3 is 0 Å². The first-order chi connectivity index (χ1) is 9.11. The summed E-state index contributed by atoms with van der Waals surface area (Å²) in [6, 6.07) is 5.17. The van der Waals surface area contributed by atoms with Gasteiger partial charge in [0.1, 0.15) is 5.82 Å². The number of nitrogens with two attached hydrogens (primary N) is 1. The maximum Gasteiger partial charge on any atom is 0.146 e. The van der Waals surface area contributed by atoms with Crippen LogP contribution in [0.25, 0.3) is 0 Å². The maximum atomic E-state index is 14.1. The molecule has 0 amide bonds. The number of benzene rings is 1. The zero-order chi connectivity index (χ0) is 13.8. The first kappa shape index (κ1) is 14.3. The van der Waals surface area contributed by atoms with E-state index in [2.05, 4.69) is 4.90 Å². The van der Waals surface area contributed by atoms with Crippen molar-refractivity contribution in [2.24, 2.45) is 5.73 Å². The molecule has 0 aliphatic carbocycles. The molecule has 1 aliphatic rings. The van der Waals surface area contributed by atoms with Crippen LogP contribution in [0.2, 0.25) is 0 Å². The normalized spacial score (nSPS) is 18.6. The number of nitrogens with zero attached hydrogens (tertiary/aromatic N) is 1. The minimum absolute atomic E-state index is 0.132. The summed E-state index contributed by atoms with van der Waals surface area (Å²) in [5.74, 6) is -0.176. The van der Waals surface area contributed by atoms with Crippen LogP contribution in [0.3, 0.4) is 0 Å². The Balaban J connectivity index is 2.03. The number of piperidine rings is 1. The molecule has 1 aromatic rings. The average molecular weight is 266 g/mol. The van der Waals surface area contributed by atoms with E-state index in [9.17, 15) is 4.39 Å². The van der Waals surface area contributed by atoms with E-state index in [1.54, 1.807) is 6.07 Å². The van der Waals surface area contributed by atoms with Crippen molar-refractivity contribution in [3.8, 4) is 0 Å². The average Bonchev–Trinajstić information content (AvgIpc) is 2.40. The Morgan fingerprint density at radius 2 is 2.11 bits per heavy atom. The van der Waals surface area contributed by atoms with Crippen LogP contribution >= 0.6 is 0 Å². The van der Waals surface area contributed by atoms with Gasteiger partial charge in [0.2, 0.25) is 0 Å². The zero-order valence-corrected chi connectivity index (χ0v) is 11.7. The number of rotatable bonds is 4. The minimum Gasteiger partial charge on any atom is -0.378 e. The summed E-state index contributed by atoms with van der Waals surface area (Å²) in [7, 11) is 0. The number of hydrogen-bond acceptors (Lipinski definition) is 3. The third kappa shape index (κ3) is 3.45. The van der Waals surface area contributed by atoms with Gasteiger partial charge in [-0.15, -0.1) is 0 Å². The SMILES string of the molecule is CCOC1CCN(c2ccc([C@H](C)N)cc2F)CC1. The Hall–Kier alpha value is -1.13. The predicted molar refractivity (Wildman–Crippen MR) is 75.9 cm³/mol. The third-order valence-corrected chi connectivity index (χ3v) is 3.68. The number of halogens is 1. The maximum absolute atomic E-state index is 14.1. The smallest absolute Gasteiger partial charge is 0.146 e. The van der Waals surface area contributed by atoms with Gasteiger partial charge in [0.15, 0.2) is 0 Å². The molecular formula is C15H23FN2O. The summed E-state index contributed by atoms with van der Waals surface area (Å²) in [6.45, 7) is 6.32. The molecule has 0 aromatic heterocycles. The van der Waals surface area contributed by atoms with Crippen LogP contribution in [0.5, 0.6) is 0 Å². The third-order valence-electron chi connectivity index (χ3n) is 3.68. The quantitative estimate of drug-likeness (QED) is 0.910. The van der Waals surface area contributed by atoms with Crippen molar-refractivity contribution in [1.82, 2.24) is 0 Å². The standard InChI is InChI=1S/C15H23FN2O/c1-3-19-13-6-8-18(9-7-13)15-5-4-12(11(2)17)10-14(15)16/h4-5,10-11,13H,3,6-9,17H2,1-2H3/t11-/m0/s1. The second-order valence-electron chi connectivity index (χ2n) is 5.14. The Kier molecular flexibility index (Phi) is 4.77. The number of anilines is 1. The van der Waals surface area contributed by atoms with Crippen LogP contribution in [0.1, 0.15) is 38.3 Å². The van der Waals surface area contributed by atoms with Crippen molar-refractivity contribution in [2.45, 2.75) is 38.8 Å². The van der Waals surface area contributed by atoms with Gasteiger partial charge in [-0.2, -0.15) is 0 Å². The van der Waals surface area contributed by atoms with E-state index in [4.69, 9.17) is 10.5 Å². The van der Waals surface area contributed by atoms with Gasteiger partial charge in [-0.1, -0.05) is 6.07 Å². The van der Waals surface area contributed by atoms with E-state index in [0.29, 0.717) is 11.8 Å². The van der Waals surface area contributed by atoms with Gasteiger partial charge in [-0.05, 0) is 44.4 Å². The summed E-state index contributed by atoms with van der Waals surface area (Å²) in [5.41, 5.74) is 7.28. The molecule has 0 spiro atoms. The second-order valence-corrected chi connectivity index (χ2v) is 5.14. The van der Waals surface area contributed by atoms with Gasteiger partial charge in [0.25, 0.3) is 0 Å². The van der Waals surface area contributed by atoms with Crippen molar-refractivity contribution in [2.75, 3.05) is 24.6 Å². The van der Waals surface area contributed by atoms with E-state index in [1.807, 2.05) is 26.0 Å². The molecule has 1 heterocycles. The number of ether oxygens (including phenoxy) is 1. The lowest BCUT2D eigenvalue weighted by atomic mass is 10.0. The molecule has 4 heteroatoms. The van der Waals surface area contributed by atoms with E-state index in [1.165, 1.54) is 0 Å². The fourth-order valence-electron chi connectivity index (χ4n) is 2.56. The fourth-order valence-corrected chi connectivity index (χ4v) is 2.56. The molecule has 106 valence electrons. The molecule has 2 N–H and O–H groups in total. The van der Waals surface area contributed by atoms with E-state index in [0.717, 1.165) is 38.1 Å². The summed E-state index contributed by atoms with van der Waals surface area (Å²) in [4.78, 5) is 2.09. The van der Waals surface area contributed by atoms with Crippen LogP contribution in [-0.2, 0) is 4.74 Å². The lowest BCUT2D eigenvalue weighted by molar-refractivity contribution is 0.0458. The Morgan fingerprint density at radius 1 is 1.42 bits per heavy atom. The second kappa shape index (κ2) is 6.35. The highest BCUT2D eigenvalue weighted by Crippen LogP contribution is 2.26. The van der Waals surface area contributed by atoms with Crippen LogP contribution in [0, 0.1) is 5.82 Å². The van der Waals surface area contributed by atoms with Crippen LogP contribution in [0.4, 0.5) is 10.1 Å². The molecular weight excluding hydrogens is 243 g/mol. The Morgan fingerprint density at radius 3 is 2.63 bits per heavy atom. The zero-order valence-electron chi connectivity index (χ0n) is 11.7. The lowest BCUT2D eigenvalue weighted by Crippen LogP contribution is -2.37. The molecule has 19 heavy (non-hydrogen) atoms. The molecule has 1 aliphatic heterocycles. The van der Waals surface area contributed by atoms with Crippen LogP contribution in [-0.4, -0.2) is 25.8 Å². The molecule has 1 saturated heterocycles. The van der Waals surface area contributed by atoms with Gasteiger partial charge < -0.3 is 15.4 Å². The molecule has 0 bridgehead atoms. The Bertz CT molecular complexity index is 415. The molecule has 1 fully saturated rings. The first-order valence-electron chi connectivity index (χ1n) is 7.03. The summed E-state index contributed by atoms with van der Waals surface area (Å²) in [6.07, 6.45) is 2.25. The highest BCUT2D eigenvalue weighted by molar-refractivity contribution is 5.50. The molecule has 1 atom stereocenters. The highest BCUT2D eigenvalue weighted by atomic mass is 19.1.